The molecule has 1 atom stereocenters. The molecule has 1 aromatic heterocycles. The highest BCUT2D eigenvalue weighted by Gasteiger charge is 2.15. The van der Waals surface area contributed by atoms with Crippen molar-refractivity contribution >= 4 is 26.8 Å². The van der Waals surface area contributed by atoms with Crippen LogP contribution in [0, 0.1) is 0 Å². The number of halogens is 1. The Morgan fingerprint density at radius 2 is 2.00 bits per heavy atom. The Labute approximate surface area is 91.3 Å². The van der Waals surface area contributed by atoms with Crippen LogP contribution in [0.1, 0.15) is 18.7 Å². The van der Waals surface area contributed by atoms with Gasteiger partial charge in [0.25, 0.3) is 0 Å². The number of benzene rings is 1. The summed E-state index contributed by atoms with van der Waals surface area (Å²) in [7, 11) is 1.97. The van der Waals surface area contributed by atoms with E-state index in [1.807, 2.05) is 35.9 Å². The number of aryl methyl sites for hydroxylation is 1. The molecule has 0 amide bonds. The highest BCUT2D eigenvalue weighted by Crippen LogP contribution is 2.33. The summed E-state index contributed by atoms with van der Waals surface area (Å²) >= 11 is 3.52. The predicted molar refractivity (Wildman–Crippen MR) is 61.3 cm³/mol. The number of aliphatic hydroxyl groups excluding tert-OH is 1. The van der Waals surface area contributed by atoms with E-state index in [1.54, 1.807) is 6.92 Å². The number of hydrogen-bond acceptors (Lipinski definition) is 1. The van der Waals surface area contributed by atoms with E-state index in [4.69, 9.17) is 0 Å². The molecule has 0 aliphatic carbocycles. The summed E-state index contributed by atoms with van der Waals surface area (Å²) < 4.78 is 3.01. The zero-order valence-corrected chi connectivity index (χ0v) is 9.75. The molecule has 1 N–H and O–H groups in total. The normalized spacial score (nSPS) is 13.4. The number of fused-ring (bicyclic) bond motifs is 1. The molecular formula is C11H12BrNO. The van der Waals surface area contributed by atoms with Crippen LogP contribution in [0.5, 0.6) is 0 Å². The second-order valence-electron chi connectivity index (χ2n) is 3.45. The molecule has 1 heterocycles. The third-order valence-electron chi connectivity index (χ3n) is 2.48. The molecule has 2 rings (SSSR count). The van der Waals surface area contributed by atoms with Crippen molar-refractivity contribution in [1.82, 2.24) is 4.57 Å². The lowest BCUT2D eigenvalue weighted by Crippen LogP contribution is -2.00. The summed E-state index contributed by atoms with van der Waals surface area (Å²) in [6.45, 7) is 1.78. The minimum atomic E-state index is -0.457. The van der Waals surface area contributed by atoms with Crippen molar-refractivity contribution in [3.8, 4) is 0 Å². The van der Waals surface area contributed by atoms with Crippen molar-refractivity contribution in [1.29, 1.82) is 0 Å². The number of para-hydroxylation sites is 1. The molecular weight excluding hydrogens is 242 g/mol. The van der Waals surface area contributed by atoms with Crippen LogP contribution in [0.25, 0.3) is 10.9 Å². The molecule has 0 saturated heterocycles. The van der Waals surface area contributed by atoms with Crippen LogP contribution in [-0.2, 0) is 7.05 Å². The number of nitrogens with zero attached hydrogens (tertiary/aromatic N) is 1. The fourth-order valence-electron chi connectivity index (χ4n) is 1.83. The van der Waals surface area contributed by atoms with Crippen LogP contribution in [-0.4, -0.2) is 9.67 Å². The Balaban J connectivity index is 2.85. The van der Waals surface area contributed by atoms with E-state index in [9.17, 15) is 5.11 Å². The molecule has 3 heteroatoms. The molecule has 2 aromatic rings. The standard InChI is InChI=1S/C11H12BrNO/c1-7(14)11-10(12)8-5-3-4-6-9(8)13(11)2/h3-7,14H,1-2H3/t7-/m0/s1. The number of aromatic nitrogens is 1. The zero-order valence-electron chi connectivity index (χ0n) is 8.16. The molecule has 1 aromatic carbocycles. The van der Waals surface area contributed by atoms with Crippen molar-refractivity contribution in [3.05, 3.63) is 34.4 Å². The van der Waals surface area contributed by atoms with Gasteiger partial charge in [0.15, 0.2) is 0 Å². The summed E-state index contributed by atoms with van der Waals surface area (Å²) in [6, 6.07) is 8.09. The van der Waals surface area contributed by atoms with Crippen molar-refractivity contribution < 1.29 is 5.11 Å². The molecule has 14 heavy (non-hydrogen) atoms. The van der Waals surface area contributed by atoms with Crippen LogP contribution in [0.4, 0.5) is 0 Å². The van der Waals surface area contributed by atoms with Gasteiger partial charge in [0, 0.05) is 22.4 Å². The molecule has 0 saturated carbocycles. The van der Waals surface area contributed by atoms with Gasteiger partial charge < -0.3 is 9.67 Å². The molecule has 2 nitrogen and oxygen atoms in total. The Morgan fingerprint density at radius 1 is 1.36 bits per heavy atom. The summed E-state index contributed by atoms with van der Waals surface area (Å²) in [6.07, 6.45) is -0.457. The first kappa shape index (κ1) is 9.74. The minimum Gasteiger partial charge on any atom is -0.387 e. The van der Waals surface area contributed by atoms with Crippen molar-refractivity contribution in [2.45, 2.75) is 13.0 Å². The molecule has 0 unspecified atom stereocenters. The van der Waals surface area contributed by atoms with E-state index in [1.165, 1.54) is 0 Å². The third-order valence-corrected chi connectivity index (χ3v) is 3.32. The topological polar surface area (TPSA) is 25.2 Å². The van der Waals surface area contributed by atoms with Crippen LogP contribution in [0.3, 0.4) is 0 Å². The first-order chi connectivity index (χ1) is 6.63. The lowest BCUT2D eigenvalue weighted by molar-refractivity contribution is 0.190. The molecule has 0 aliphatic rings. The highest BCUT2D eigenvalue weighted by molar-refractivity contribution is 9.10. The van der Waals surface area contributed by atoms with E-state index in [0.29, 0.717) is 0 Å². The molecule has 0 bridgehead atoms. The van der Waals surface area contributed by atoms with Gasteiger partial charge in [-0.25, -0.2) is 0 Å². The summed E-state index contributed by atoms with van der Waals surface area (Å²) in [5.74, 6) is 0. The van der Waals surface area contributed by atoms with Gasteiger partial charge >= 0.3 is 0 Å². The fourth-order valence-corrected chi connectivity index (χ4v) is 2.76. The largest absolute Gasteiger partial charge is 0.387 e. The minimum absolute atomic E-state index is 0.457. The Hall–Kier alpha value is -0.800. The maximum absolute atomic E-state index is 9.64. The summed E-state index contributed by atoms with van der Waals surface area (Å²) in [5.41, 5.74) is 2.06. The number of aliphatic hydroxyl groups is 1. The summed E-state index contributed by atoms with van der Waals surface area (Å²) in [5, 5.41) is 10.8. The van der Waals surface area contributed by atoms with Crippen LogP contribution in [0.15, 0.2) is 28.7 Å². The van der Waals surface area contributed by atoms with Crippen molar-refractivity contribution in [2.75, 3.05) is 0 Å². The molecule has 0 aliphatic heterocycles. The van der Waals surface area contributed by atoms with Gasteiger partial charge in [0.2, 0.25) is 0 Å². The van der Waals surface area contributed by atoms with Gasteiger partial charge in [-0.15, -0.1) is 0 Å². The third kappa shape index (κ3) is 1.28. The summed E-state index contributed by atoms with van der Waals surface area (Å²) in [4.78, 5) is 0. The molecule has 0 spiro atoms. The smallest absolute Gasteiger partial charge is 0.0923 e. The molecule has 0 fully saturated rings. The van der Waals surface area contributed by atoms with Gasteiger partial charge in [-0.2, -0.15) is 0 Å². The maximum atomic E-state index is 9.64. The Bertz CT molecular complexity index is 434. The zero-order chi connectivity index (χ0) is 10.3. The van der Waals surface area contributed by atoms with Gasteiger partial charge in [-0.1, -0.05) is 18.2 Å². The monoisotopic (exact) mass is 253 g/mol. The van der Waals surface area contributed by atoms with Crippen LogP contribution >= 0.6 is 15.9 Å². The lowest BCUT2D eigenvalue weighted by Gasteiger charge is -2.07. The van der Waals surface area contributed by atoms with E-state index in [0.717, 1.165) is 21.1 Å². The van der Waals surface area contributed by atoms with Gasteiger partial charge in [-0.05, 0) is 28.9 Å². The van der Waals surface area contributed by atoms with E-state index in [-0.39, 0.29) is 0 Å². The second-order valence-corrected chi connectivity index (χ2v) is 4.24. The first-order valence-electron chi connectivity index (χ1n) is 4.53. The van der Waals surface area contributed by atoms with Crippen LogP contribution < -0.4 is 0 Å². The van der Waals surface area contributed by atoms with E-state index < -0.39 is 6.10 Å². The van der Waals surface area contributed by atoms with Crippen LogP contribution in [0.2, 0.25) is 0 Å². The SMILES string of the molecule is C[C@H](O)c1c(Br)c2ccccc2n1C. The molecule has 74 valence electrons. The maximum Gasteiger partial charge on any atom is 0.0923 e. The highest BCUT2D eigenvalue weighted by atomic mass is 79.9. The quantitative estimate of drug-likeness (QED) is 0.831. The van der Waals surface area contributed by atoms with Crippen molar-refractivity contribution in [3.63, 3.8) is 0 Å². The fraction of sp³-hybridized carbons (Fsp3) is 0.273. The Morgan fingerprint density at radius 3 is 2.57 bits per heavy atom. The van der Waals surface area contributed by atoms with E-state index >= 15 is 0 Å². The van der Waals surface area contributed by atoms with Gasteiger partial charge in [0.05, 0.1) is 11.8 Å². The Kier molecular flexibility index (Phi) is 2.37. The predicted octanol–water partition coefficient (Wildman–Crippen LogP) is 2.99. The van der Waals surface area contributed by atoms with Gasteiger partial charge in [-0.3, -0.25) is 0 Å². The average molecular weight is 254 g/mol. The average Bonchev–Trinajstić information content (AvgIpc) is 2.41. The second kappa shape index (κ2) is 3.41. The number of hydrogen-bond donors (Lipinski definition) is 1. The van der Waals surface area contributed by atoms with Crippen molar-refractivity contribution in [2.24, 2.45) is 7.05 Å². The van der Waals surface area contributed by atoms with E-state index in [2.05, 4.69) is 15.9 Å². The lowest BCUT2D eigenvalue weighted by atomic mass is 10.2. The first-order valence-corrected chi connectivity index (χ1v) is 5.33. The molecule has 0 radical (unpaired) electrons. The number of rotatable bonds is 1. The van der Waals surface area contributed by atoms with Gasteiger partial charge in [0.1, 0.15) is 0 Å².